The summed E-state index contributed by atoms with van der Waals surface area (Å²) in [5.74, 6) is 2.13. The second kappa shape index (κ2) is 9.55. The van der Waals surface area contributed by atoms with Gasteiger partial charge in [-0.05, 0) is 73.4 Å². The van der Waals surface area contributed by atoms with Gasteiger partial charge in [0.15, 0.2) is 0 Å². The molecule has 0 spiro atoms. The number of amides is 1. The monoisotopic (exact) mass is 512 g/mol. The number of carbonyl (C=O) groups excluding carboxylic acids is 1. The highest BCUT2D eigenvalue weighted by Crippen LogP contribution is 2.34. The van der Waals surface area contributed by atoms with Crippen molar-refractivity contribution in [3.8, 4) is 11.3 Å². The molecule has 2 atom stereocenters. The third kappa shape index (κ3) is 4.07. The Morgan fingerprint density at radius 1 is 1.24 bits per heavy atom. The number of benzene rings is 1. The number of rotatable bonds is 5. The van der Waals surface area contributed by atoms with Crippen LogP contribution in [-0.4, -0.2) is 61.4 Å². The summed E-state index contributed by atoms with van der Waals surface area (Å²) >= 11 is 0. The van der Waals surface area contributed by atoms with Gasteiger partial charge in [0.05, 0.1) is 17.1 Å². The minimum Gasteiger partial charge on any atom is -0.356 e. The third-order valence-electron chi connectivity index (χ3n) is 7.96. The molecule has 11 heteroatoms. The minimum atomic E-state index is -0.290. The molecule has 196 valence electrons. The van der Waals surface area contributed by atoms with E-state index in [1.807, 2.05) is 56.3 Å². The number of carbonyl (C=O) groups is 1. The highest BCUT2D eigenvalue weighted by molar-refractivity contribution is 6.07. The van der Waals surface area contributed by atoms with Gasteiger partial charge in [-0.2, -0.15) is 5.10 Å². The van der Waals surface area contributed by atoms with Crippen molar-refractivity contribution in [2.45, 2.75) is 46.1 Å². The summed E-state index contributed by atoms with van der Waals surface area (Å²) in [7, 11) is 1.86. The normalized spacial score (nSPS) is 19.7. The maximum Gasteiger partial charge on any atom is 0.255 e. The number of aromatic amines is 1. The molecule has 0 bridgehead atoms. The highest BCUT2D eigenvalue weighted by atomic mass is 16.1. The fourth-order valence-corrected chi connectivity index (χ4v) is 5.62. The molecule has 5 heterocycles. The van der Waals surface area contributed by atoms with Crippen LogP contribution in [0.15, 0.2) is 47.8 Å². The smallest absolute Gasteiger partial charge is 0.255 e. The fraction of sp³-hybridized carbons (Fsp3) is 0.407. The Morgan fingerprint density at radius 2 is 2.11 bits per heavy atom. The molecule has 3 aromatic heterocycles. The Balaban J connectivity index is 1.28. The summed E-state index contributed by atoms with van der Waals surface area (Å²) in [4.78, 5) is 22.3. The summed E-state index contributed by atoms with van der Waals surface area (Å²) in [6.07, 6.45) is 5.53. The maximum absolute atomic E-state index is 13.5. The van der Waals surface area contributed by atoms with E-state index in [9.17, 15) is 4.79 Å². The molecule has 2 aliphatic rings. The molecule has 2 aliphatic heterocycles. The SMILES string of the molecule is CC[C@H]1CCCN(c2cc(-c3n[nH]c4ccc(NC(=O)C5=C(C)N(C)c6nnnn6[C@@H]5C)cc34)ccn2)C1. The lowest BCUT2D eigenvalue weighted by atomic mass is 9.95. The number of aromatic nitrogens is 7. The van der Waals surface area contributed by atoms with Crippen LogP contribution in [0.25, 0.3) is 22.2 Å². The van der Waals surface area contributed by atoms with Gasteiger partial charge in [0.25, 0.3) is 5.91 Å². The molecule has 6 rings (SSSR count). The van der Waals surface area contributed by atoms with E-state index >= 15 is 0 Å². The van der Waals surface area contributed by atoms with E-state index in [0.29, 0.717) is 23.1 Å². The molecule has 0 radical (unpaired) electrons. The quantitative estimate of drug-likeness (QED) is 0.409. The van der Waals surface area contributed by atoms with Gasteiger partial charge in [-0.3, -0.25) is 9.89 Å². The van der Waals surface area contributed by atoms with Crippen molar-refractivity contribution in [3.63, 3.8) is 0 Å². The number of pyridine rings is 1. The number of fused-ring (bicyclic) bond motifs is 2. The van der Waals surface area contributed by atoms with Crippen molar-refractivity contribution in [1.82, 2.24) is 35.4 Å². The van der Waals surface area contributed by atoms with Gasteiger partial charge in [-0.1, -0.05) is 18.4 Å². The van der Waals surface area contributed by atoms with E-state index in [2.05, 4.69) is 53.9 Å². The molecular formula is C27H32N10O. The average Bonchev–Trinajstić information content (AvgIpc) is 3.60. The molecule has 0 unspecified atom stereocenters. The highest BCUT2D eigenvalue weighted by Gasteiger charge is 2.32. The van der Waals surface area contributed by atoms with Crippen LogP contribution in [0.4, 0.5) is 17.5 Å². The zero-order valence-electron chi connectivity index (χ0n) is 22.1. The van der Waals surface area contributed by atoms with Crippen LogP contribution in [0.1, 0.15) is 46.1 Å². The van der Waals surface area contributed by atoms with Crippen LogP contribution in [0.5, 0.6) is 0 Å². The molecular weight excluding hydrogens is 480 g/mol. The topological polar surface area (TPSA) is 121 Å². The molecule has 4 aromatic rings. The summed E-state index contributed by atoms with van der Waals surface area (Å²) in [6, 6.07) is 9.61. The maximum atomic E-state index is 13.5. The standard InChI is InChI=1S/C27H32N10O/c1-5-18-7-6-12-36(15-18)23-13-19(10-11-28-23)25-21-14-20(8-9-22(21)30-31-25)29-26(38)24-16(2)35(4)27-32-33-34-37(27)17(24)3/h8-11,13-14,17-18H,5-7,12,15H2,1-4H3,(H,29,38)(H,30,31)/t17-,18+/m1/s1. The number of nitrogens with one attached hydrogen (secondary N) is 2. The van der Waals surface area contributed by atoms with Crippen molar-refractivity contribution in [1.29, 1.82) is 0 Å². The van der Waals surface area contributed by atoms with E-state index in [-0.39, 0.29) is 11.9 Å². The molecule has 2 N–H and O–H groups in total. The largest absolute Gasteiger partial charge is 0.356 e. The molecule has 0 aliphatic carbocycles. The second-order valence-electron chi connectivity index (χ2n) is 10.2. The zero-order chi connectivity index (χ0) is 26.4. The lowest BCUT2D eigenvalue weighted by Gasteiger charge is -2.33. The first-order valence-electron chi connectivity index (χ1n) is 13.2. The predicted molar refractivity (Wildman–Crippen MR) is 147 cm³/mol. The predicted octanol–water partition coefficient (Wildman–Crippen LogP) is 4.16. The van der Waals surface area contributed by atoms with Crippen LogP contribution < -0.4 is 15.1 Å². The van der Waals surface area contributed by atoms with E-state index in [1.54, 1.807) is 4.68 Å². The van der Waals surface area contributed by atoms with E-state index < -0.39 is 0 Å². The van der Waals surface area contributed by atoms with Crippen molar-refractivity contribution < 1.29 is 4.79 Å². The Labute approximate surface area is 220 Å². The van der Waals surface area contributed by atoms with Gasteiger partial charge in [0.2, 0.25) is 5.95 Å². The first kappa shape index (κ1) is 24.1. The Kier molecular flexibility index (Phi) is 6.05. The van der Waals surface area contributed by atoms with Gasteiger partial charge in [-0.25, -0.2) is 9.67 Å². The summed E-state index contributed by atoms with van der Waals surface area (Å²) in [6.45, 7) is 8.17. The van der Waals surface area contributed by atoms with Crippen molar-refractivity contribution in [2.75, 3.05) is 35.3 Å². The van der Waals surface area contributed by atoms with Crippen LogP contribution in [0, 0.1) is 5.92 Å². The number of hydrogen-bond donors (Lipinski definition) is 2. The number of H-pyrrole nitrogens is 1. The number of allylic oxidation sites excluding steroid dienone is 1. The minimum absolute atomic E-state index is 0.186. The van der Waals surface area contributed by atoms with Crippen molar-refractivity contribution >= 4 is 34.3 Å². The molecule has 0 saturated carbocycles. The van der Waals surface area contributed by atoms with E-state index in [0.717, 1.165) is 46.8 Å². The van der Waals surface area contributed by atoms with Gasteiger partial charge in [0.1, 0.15) is 11.5 Å². The fourth-order valence-electron chi connectivity index (χ4n) is 5.62. The number of tetrazole rings is 1. The van der Waals surface area contributed by atoms with Crippen LogP contribution in [0.2, 0.25) is 0 Å². The Hall–Kier alpha value is -4.28. The van der Waals surface area contributed by atoms with Crippen molar-refractivity contribution in [2.24, 2.45) is 5.92 Å². The third-order valence-corrected chi connectivity index (χ3v) is 7.96. The van der Waals surface area contributed by atoms with Crippen molar-refractivity contribution in [3.05, 3.63) is 47.8 Å². The average molecular weight is 513 g/mol. The molecule has 1 saturated heterocycles. The summed E-state index contributed by atoms with van der Waals surface area (Å²) in [5.41, 5.74) is 4.86. The van der Waals surface area contributed by atoms with E-state index in [4.69, 9.17) is 0 Å². The van der Waals surface area contributed by atoms with Crippen LogP contribution in [-0.2, 0) is 4.79 Å². The molecule has 1 amide bonds. The second-order valence-corrected chi connectivity index (χ2v) is 10.2. The lowest BCUT2D eigenvalue weighted by molar-refractivity contribution is -0.113. The van der Waals surface area contributed by atoms with Gasteiger partial charge < -0.3 is 15.1 Å². The summed E-state index contributed by atoms with van der Waals surface area (Å²) in [5, 5.41) is 23.7. The van der Waals surface area contributed by atoms with Gasteiger partial charge in [-0.15, -0.1) is 0 Å². The molecule has 38 heavy (non-hydrogen) atoms. The Morgan fingerprint density at radius 3 is 2.95 bits per heavy atom. The number of nitrogens with zero attached hydrogens (tertiary/aromatic N) is 8. The first-order valence-corrected chi connectivity index (χ1v) is 13.2. The zero-order valence-corrected chi connectivity index (χ0v) is 22.1. The molecule has 1 fully saturated rings. The molecule has 11 nitrogen and oxygen atoms in total. The van der Waals surface area contributed by atoms with Gasteiger partial charge >= 0.3 is 0 Å². The number of piperidine rings is 1. The van der Waals surface area contributed by atoms with Crippen LogP contribution >= 0.6 is 0 Å². The van der Waals surface area contributed by atoms with Gasteiger partial charge in [0, 0.05) is 48.7 Å². The summed E-state index contributed by atoms with van der Waals surface area (Å²) < 4.78 is 1.66. The first-order chi connectivity index (χ1) is 18.4. The Bertz CT molecular complexity index is 1540. The number of hydrogen-bond acceptors (Lipinski definition) is 8. The van der Waals surface area contributed by atoms with Crippen LogP contribution in [0.3, 0.4) is 0 Å². The lowest BCUT2D eigenvalue weighted by Crippen LogP contribution is -2.35. The molecule has 1 aromatic carbocycles. The number of anilines is 3. The van der Waals surface area contributed by atoms with E-state index in [1.165, 1.54) is 19.3 Å².